The summed E-state index contributed by atoms with van der Waals surface area (Å²) in [7, 11) is 0. The fourth-order valence-corrected chi connectivity index (χ4v) is 2.98. The van der Waals surface area contributed by atoms with E-state index in [1.54, 1.807) is 12.1 Å². The van der Waals surface area contributed by atoms with Crippen molar-refractivity contribution in [2.24, 2.45) is 5.92 Å². The van der Waals surface area contributed by atoms with Gasteiger partial charge in [0.1, 0.15) is 11.5 Å². The molecule has 0 radical (unpaired) electrons. The molecule has 1 amide bonds. The molecule has 1 aliphatic rings. The van der Waals surface area contributed by atoms with Gasteiger partial charge < -0.3 is 20.1 Å². The van der Waals surface area contributed by atoms with Gasteiger partial charge in [-0.2, -0.15) is 8.78 Å². The lowest BCUT2D eigenvalue weighted by molar-refractivity contribution is -0.121. The van der Waals surface area contributed by atoms with Crippen LogP contribution in [-0.2, 0) is 11.3 Å². The number of rotatable bonds is 10. The fourth-order valence-electron chi connectivity index (χ4n) is 2.98. The summed E-state index contributed by atoms with van der Waals surface area (Å²) < 4.78 is 35.3. The molecule has 2 rings (SSSR count). The van der Waals surface area contributed by atoms with E-state index >= 15 is 0 Å². The highest BCUT2D eigenvalue weighted by Gasteiger charge is 2.16. The molecule has 0 saturated carbocycles. The number of piperidine rings is 1. The topological polar surface area (TPSA) is 59.6 Å². The number of nitrogens with one attached hydrogen (secondary N) is 2. The zero-order valence-corrected chi connectivity index (χ0v) is 15.2. The smallest absolute Gasteiger partial charge is 0.387 e. The van der Waals surface area contributed by atoms with Crippen molar-refractivity contribution in [2.75, 3.05) is 19.7 Å². The first-order chi connectivity index (χ1) is 12.6. The maximum atomic E-state index is 12.7. The molecule has 0 aromatic heterocycles. The predicted octanol–water partition coefficient (Wildman–Crippen LogP) is 3.47. The molecular formula is C19H28F2N2O3. The molecule has 1 aromatic carbocycles. The zero-order chi connectivity index (χ0) is 18.8. The van der Waals surface area contributed by atoms with Crippen molar-refractivity contribution >= 4 is 5.91 Å². The van der Waals surface area contributed by atoms with Crippen molar-refractivity contribution in [3.8, 4) is 11.5 Å². The monoisotopic (exact) mass is 370 g/mol. The quantitative estimate of drug-likeness (QED) is 0.662. The van der Waals surface area contributed by atoms with Gasteiger partial charge >= 0.3 is 6.61 Å². The SMILES string of the molecule is CCCOc1ccc(CNC(=O)CCC2CCNCC2)c(OC(F)F)c1. The maximum Gasteiger partial charge on any atom is 0.387 e. The molecule has 1 aliphatic heterocycles. The number of hydrogen-bond donors (Lipinski definition) is 2. The van der Waals surface area contributed by atoms with Crippen molar-refractivity contribution < 1.29 is 23.0 Å². The summed E-state index contributed by atoms with van der Waals surface area (Å²) in [4.78, 5) is 12.1. The van der Waals surface area contributed by atoms with Crippen LogP contribution in [0.25, 0.3) is 0 Å². The van der Waals surface area contributed by atoms with Gasteiger partial charge in [0.2, 0.25) is 5.91 Å². The largest absolute Gasteiger partial charge is 0.493 e. The average Bonchev–Trinajstić information content (AvgIpc) is 2.64. The summed E-state index contributed by atoms with van der Waals surface area (Å²) in [5.41, 5.74) is 0.504. The van der Waals surface area contributed by atoms with E-state index in [9.17, 15) is 13.6 Å². The van der Waals surface area contributed by atoms with Gasteiger partial charge in [-0.3, -0.25) is 4.79 Å². The predicted molar refractivity (Wildman–Crippen MR) is 95.5 cm³/mol. The standard InChI is InChI=1S/C19H28F2N2O3/c1-2-11-25-16-5-4-15(17(12-16)26-19(20)21)13-23-18(24)6-3-14-7-9-22-10-8-14/h4-5,12,14,19,22H,2-3,6-11,13H2,1H3,(H,23,24). The molecule has 7 heteroatoms. The minimum Gasteiger partial charge on any atom is -0.493 e. The number of alkyl halides is 2. The van der Waals surface area contributed by atoms with Crippen LogP contribution in [0.4, 0.5) is 8.78 Å². The molecule has 1 fully saturated rings. The van der Waals surface area contributed by atoms with Gasteiger partial charge in [-0.25, -0.2) is 0 Å². The number of hydrogen-bond acceptors (Lipinski definition) is 4. The van der Waals surface area contributed by atoms with Crippen LogP contribution in [0.2, 0.25) is 0 Å². The van der Waals surface area contributed by atoms with Gasteiger partial charge in [0.25, 0.3) is 0 Å². The van der Waals surface area contributed by atoms with E-state index in [4.69, 9.17) is 4.74 Å². The average molecular weight is 370 g/mol. The summed E-state index contributed by atoms with van der Waals surface area (Å²) in [6.07, 6.45) is 4.32. The van der Waals surface area contributed by atoms with Crippen LogP contribution < -0.4 is 20.1 Å². The van der Waals surface area contributed by atoms with Crippen molar-refractivity contribution in [3.05, 3.63) is 23.8 Å². The summed E-state index contributed by atoms with van der Waals surface area (Å²) in [6, 6.07) is 4.79. The number of carbonyl (C=O) groups is 1. The van der Waals surface area contributed by atoms with Gasteiger partial charge in [0.15, 0.2) is 0 Å². The Morgan fingerprint density at radius 3 is 2.81 bits per heavy atom. The van der Waals surface area contributed by atoms with Crippen LogP contribution in [0, 0.1) is 5.92 Å². The number of benzene rings is 1. The molecule has 0 bridgehead atoms. The highest BCUT2D eigenvalue weighted by Crippen LogP contribution is 2.27. The summed E-state index contributed by atoms with van der Waals surface area (Å²) in [5.74, 6) is 1.02. The number of carbonyl (C=O) groups excluding carboxylic acids is 1. The second kappa shape index (κ2) is 11.0. The Bertz CT molecular complexity index is 564. The van der Waals surface area contributed by atoms with E-state index in [0.29, 0.717) is 30.3 Å². The van der Waals surface area contributed by atoms with E-state index < -0.39 is 6.61 Å². The molecular weight excluding hydrogens is 342 g/mol. The molecule has 0 atom stereocenters. The molecule has 1 saturated heterocycles. The third kappa shape index (κ3) is 7.15. The van der Waals surface area contributed by atoms with E-state index in [2.05, 4.69) is 15.4 Å². The minimum absolute atomic E-state index is 0.0345. The molecule has 146 valence electrons. The van der Waals surface area contributed by atoms with E-state index in [-0.39, 0.29) is 18.2 Å². The number of amides is 1. The molecule has 26 heavy (non-hydrogen) atoms. The third-order valence-corrected chi connectivity index (χ3v) is 4.44. The number of halogens is 2. The first-order valence-electron chi connectivity index (χ1n) is 9.26. The van der Waals surface area contributed by atoms with Gasteiger partial charge in [-0.1, -0.05) is 6.92 Å². The molecule has 1 aromatic rings. The molecule has 1 heterocycles. The lowest BCUT2D eigenvalue weighted by Crippen LogP contribution is -2.29. The fraction of sp³-hybridized carbons (Fsp3) is 0.632. The van der Waals surface area contributed by atoms with Crippen LogP contribution >= 0.6 is 0 Å². The van der Waals surface area contributed by atoms with E-state index in [0.717, 1.165) is 38.8 Å². The van der Waals surface area contributed by atoms with Crippen molar-refractivity contribution in [1.29, 1.82) is 0 Å². The van der Waals surface area contributed by atoms with Crippen LogP contribution in [0.3, 0.4) is 0 Å². The Labute approximate surface area is 153 Å². The van der Waals surface area contributed by atoms with E-state index in [1.807, 2.05) is 6.92 Å². The van der Waals surface area contributed by atoms with Gasteiger partial charge in [-0.05, 0) is 56.8 Å². The van der Waals surface area contributed by atoms with Crippen molar-refractivity contribution in [3.63, 3.8) is 0 Å². The normalized spacial score (nSPS) is 15.1. The first kappa shape index (κ1) is 20.4. The van der Waals surface area contributed by atoms with Crippen LogP contribution in [-0.4, -0.2) is 32.2 Å². The van der Waals surface area contributed by atoms with Crippen LogP contribution in [0.15, 0.2) is 18.2 Å². The highest BCUT2D eigenvalue weighted by atomic mass is 19.3. The Balaban J connectivity index is 1.86. The zero-order valence-electron chi connectivity index (χ0n) is 15.2. The summed E-state index contributed by atoms with van der Waals surface area (Å²) in [6.45, 7) is 1.71. The third-order valence-electron chi connectivity index (χ3n) is 4.44. The van der Waals surface area contributed by atoms with Crippen LogP contribution in [0.5, 0.6) is 11.5 Å². The first-order valence-corrected chi connectivity index (χ1v) is 9.26. The maximum absolute atomic E-state index is 12.7. The van der Waals surface area contributed by atoms with Crippen molar-refractivity contribution in [2.45, 2.75) is 52.2 Å². The summed E-state index contributed by atoms with van der Waals surface area (Å²) in [5, 5.41) is 6.10. The minimum atomic E-state index is -2.93. The van der Waals surface area contributed by atoms with Crippen LogP contribution in [0.1, 0.15) is 44.6 Å². The Morgan fingerprint density at radius 2 is 2.12 bits per heavy atom. The van der Waals surface area contributed by atoms with Gasteiger partial charge in [0, 0.05) is 24.6 Å². The lowest BCUT2D eigenvalue weighted by Gasteiger charge is -2.22. The second-order valence-corrected chi connectivity index (χ2v) is 6.51. The Hall–Kier alpha value is -1.89. The summed E-state index contributed by atoms with van der Waals surface area (Å²) >= 11 is 0. The second-order valence-electron chi connectivity index (χ2n) is 6.51. The van der Waals surface area contributed by atoms with Gasteiger partial charge in [0.05, 0.1) is 6.61 Å². The Kier molecular flexibility index (Phi) is 8.61. The molecule has 0 aliphatic carbocycles. The highest BCUT2D eigenvalue weighted by molar-refractivity contribution is 5.75. The van der Waals surface area contributed by atoms with Crippen molar-refractivity contribution in [1.82, 2.24) is 10.6 Å². The molecule has 5 nitrogen and oxygen atoms in total. The number of ether oxygens (including phenoxy) is 2. The Morgan fingerprint density at radius 1 is 1.35 bits per heavy atom. The molecule has 0 spiro atoms. The lowest BCUT2D eigenvalue weighted by atomic mass is 9.93. The molecule has 0 unspecified atom stereocenters. The molecule has 2 N–H and O–H groups in total. The van der Waals surface area contributed by atoms with E-state index in [1.165, 1.54) is 6.07 Å². The van der Waals surface area contributed by atoms with Gasteiger partial charge in [-0.15, -0.1) is 0 Å².